The van der Waals surface area contributed by atoms with Crippen LogP contribution in [0.3, 0.4) is 0 Å². The van der Waals surface area contributed by atoms with E-state index in [9.17, 15) is 13.2 Å². The molecule has 0 spiro atoms. The van der Waals surface area contributed by atoms with E-state index in [0.717, 1.165) is 11.1 Å². The number of amidine groups is 1. The number of carbonyl (C=O) groups excluding carboxylic acids is 1. The zero-order valence-electron chi connectivity index (χ0n) is 19.3. The summed E-state index contributed by atoms with van der Waals surface area (Å²) in [6.07, 6.45) is 0.660. The van der Waals surface area contributed by atoms with Crippen LogP contribution in [0.1, 0.15) is 23.6 Å². The van der Waals surface area contributed by atoms with Gasteiger partial charge in [0.2, 0.25) is 0 Å². The molecule has 3 aromatic carbocycles. The van der Waals surface area contributed by atoms with Gasteiger partial charge in [-0.25, -0.2) is 13.1 Å². The first-order chi connectivity index (χ1) is 16.5. The first-order valence-electron chi connectivity index (χ1n) is 10.8. The Bertz CT molecular complexity index is 1330. The number of ether oxygens (including phenoxy) is 1. The Morgan fingerprint density at radius 2 is 1.80 bits per heavy atom. The number of hydrogen-bond donors (Lipinski definition) is 4. The van der Waals surface area contributed by atoms with Crippen molar-refractivity contribution in [3.63, 3.8) is 0 Å². The van der Waals surface area contributed by atoms with Gasteiger partial charge < -0.3 is 15.8 Å². The van der Waals surface area contributed by atoms with E-state index in [2.05, 4.69) is 10.0 Å². The fraction of sp³-hybridized carbons (Fsp3) is 0.200. The number of nitrogen functional groups attached to an aromatic ring is 1. The zero-order valence-corrected chi connectivity index (χ0v) is 20.9. The van der Waals surface area contributed by atoms with E-state index >= 15 is 0 Å². The second-order valence-corrected chi connectivity index (χ2v) is 10.1. The third kappa shape index (κ3) is 7.21. The molecule has 0 aliphatic rings. The largest absolute Gasteiger partial charge is 0.493 e. The van der Waals surface area contributed by atoms with Gasteiger partial charge in [0.1, 0.15) is 22.5 Å². The van der Waals surface area contributed by atoms with Crippen molar-refractivity contribution in [3.05, 3.63) is 88.4 Å². The van der Waals surface area contributed by atoms with Crippen LogP contribution in [-0.4, -0.2) is 32.8 Å². The lowest BCUT2D eigenvalue weighted by molar-refractivity contribution is -0.119. The number of sulfonamides is 1. The highest BCUT2D eigenvalue weighted by Gasteiger charge is 2.23. The van der Waals surface area contributed by atoms with Crippen molar-refractivity contribution in [1.29, 1.82) is 5.41 Å². The van der Waals surface area contributed by atoms with Crippen LogP contribution in [0.5, 0.6) is 5.75 Å². The van der Waals surface area contributed by atoms with Crippen LogP contribution in [0.25, 0.3) is 0 Å². The Labute approximate surface area is 210 Å². The SMILES string of the molecule is Cc1cc(NC(C)C(=O)NS(=O)(=O)c2ccccc2Cl)cc(OCCc2ccc(C(=N)N)cc2)c1. The van der Waals surface area contributed by atoms with Crippen molar-refractivity contribution in [2.24, 2.45) is 5.73 Å². The highest BCUT2D eigenvalue weighted by atomic mass is 35.5. The summed E-state index contributed by atoms with van der Waals surface area (Å²) in [6, 6.07) is 17.9. The van der Waals surface area contributed by atoms with Gasteiger partial charge in [-0.3, -0.25) is 10.2 Å². The average molecular weight is 515 g/mol. The van der Waals surface area contributed by atoms with E-state index in [1.165, 1.54) is 18.2 Å². The summed E-state index contributed by atoms with van der Waals surface area (Å²) < 4.78 is 33.0. The van der Waals surface area contributed by atoms with E-state index in [-0.39, 0.29) is 15.8 Å². The van der Waals surface area contributed by atoms with Gasteiger partial charge in [-0.05, 0) is 49.2 Å². The zero-order chi connectivity index (χ0) is 25.6. The van der Waals surface area contributed by atoms with Crippen molar-refractivity contribution < 1.29 is 17.9 Å². The number of carbonyl (C=O) groups is 1. The molecule has 1 atom stereocenters. The fourth-order valence-electron chi connectivity index (χ4n) is 3.31. The minimum Gasteiger partial charge on any atom is -0.493 e. The van der Waals surface area contributed by atoms with E-state index in [1.54, 1.807) is 31.2 Å². The van der Waals surface area contributed by atoms with Crippen LogP contribution in [0, 0.1) is 12.3 Å². The van der Waals surface area contributed by atoms with Crippen molar-refractivity contribution in [2.45, 2.75) is 31.2 Å². The summed E-state index contributed by atoms with van der Waals surface area (Å²) in [5.74, 6) is -0.0796. The van der Waals surface area contributed by atoms with Crippen LogP contribution in [-0.2, 0) is 21.2 Å². The quantitative estimate of drug-likeness (QED) is 0.240. The van der Waals surface area contributed by atoms with E-state index in [0.29, 0.717) is 30.0 Å². The van der Waals surface area contributed by atoms with Crippen LogP contribution < -0.4 is 20.5 Å². The fourth-order valence-corrected chi connectivity index (χ4v) is 4.88. The molecule has 184 valence electrons. The molecule has 0 fully saturated rings. The lowest BCUT2D eigenvalue weighted by Crippen LogP contribution is -2.41. The Morgan fingerprint density at radius 1 is 1.11 bits per heavy atom. The molecule has 0 bridgehead atoms. The molecule has 5 N–H and O–H groups in total. The van der Waals surface area contributed by atoms with E-state index in [4.69, 9.17) is 27.5 Å². The number of nitrogens with two attached hydrogens (primary N) is 1. The lowest BCUT2D eigenvalue weighted by atomic mass is 10.1. The van der Waals surface area contributed by atoms with Gasteiger partial charge in [0.05, 0.1) is 11.6 Å². The molecule has 1 amide bonds. The van der Waals surface area contributed by atoms with Crippen LogP contribution in [0.2, 0.25) is 5.02 Å². The number of halogens is 1. The maximum Gasteiger partial charge on any atom is 0.265 e. The second-order valence-electron chi connectivity index (χ2n) is 8.01. The Morgan fingerprint density at radius 3 is 2.46 bits per heavy atom. The number of amides is 1. The maximum absolute atomic E-state index is 12.6. The van der Waals surface area contributed by atoms with Crippen LogP contribution in [0.15, 0.2) is 71.6 Å². The van der Waals surface area contributed by atoms with E-state index < -0.39 is 22.0 Å². The molecule has 0 aliphatic carbocycles. The highest BCUT2D eigenvalue weighted by Crippen LogP contribution is 2.23. The molecule has 0 heterocycles. The predicted octanol–water partition coefficient (Wildman–Crippen LogP) is 3.86. The molecule has 8 nitrogen and oxygen atoms in total. The smallest absolute Gasteiger partial charge is 0.265 e. The first-order valence-corrected chi connectivity index (χ1v) is 12.7. The molecule has 3 rings (SSSR count). The molecular formula is C25H27ClN4O4S. The normalized spacial score (nSPS) is 12.0. The number of nitrogens with one attached hydrogen (secondary N) is 3. The summed E-state index contributed by atoms with van der Waals surface area (Å²) >= 11 is 5.96. The van der Waals surface area contributed by atoms with Gasteiger partial charge in [-0.2, -0.15) is 0 Å². The predicted molar refractivity (Wildman–Crippen MR) is 138 cm³/mol. The summed E-state index contributed by atoms with van der Waals surface area (Å²) in [5, 5.41) is 10.5. The van der Waals surface area contributed by atoms with Gasteiger partial charge in [0, 0.05) is 23.7 Å². The number of benzene rings is 3. The number of hydrogen-bond acceptors (Lipinski definition) is 6. The molecule has 0 saturated heterocycles. The molecule has 1 unspecified atom stereocenters. The lowest BCUT2D eigenvalue weighted by Gasteiger charge is -2.17. The Balaban J connectivity index is 1.60. The summed E-state index contributed by atoms with van der Waals surface area (Å²) in [6.45, 7) is 3.88. The number of aryl methyl sites for hydroxylation is 1. The standard InChI is InChI=1S/C25H27ClN4O4S/c1-16-13-20(15-21(14-16)34-12-11-18-7-9-19(10-8-18)24(27)28)29-17(2)25(31)30-35(32,33)23-6-4-3-5-22(23)26/h3-10,13-15,17,29H,11-12H2,1-2H3,(H3,27,28)(H,30,31). The maximum atomic E-state index is 12.6. The topological polar surface area (TPSA) is 134 Å². The number of anilines is 1. The second kappa shape index (κ2) is 11.2. The average Bonchev–Trinajstić information content (AvgIpc) is 2.79. The minimum atomic E-state index is -4.10. The van der Waals surface area contributed by atoms with Gasteiger partial charge in [0.25, 0.3) is 15.9 Å². The van der Waals surface area contributed by atoms with Gasteiger partial charge in [0.15, 0.2) is 0 Å². The third-order valence-corrected chi connectivity index (χ3v) is 6.96. The molecule has 35 heavy (non-hydrogen) atoms. The van der Waals surface area contributed by atoms with Gasteiger partial charge in [-0.15, -0.1) is 0 Å². The van der Waals surface area contributed by atoms with Crippen molar-refractivity contribution in [3.8, 4) is 5.75 Å². The van der Waals surface area contributed by atoms with Crippen molar-refractivity contribution in [1.82, 2.24) is 4.72 Å². The van der Waals surface area contributed by atoms with Gasteiger partial charge in [-0.1, -0.05) is 48.0 Å². The summed E-state index contributed by atoms with van der Waals surface area (Å²) in [7, 11) is -4.10. The molecule has 0 aromatic heterocycles. The molecular weight excluding hydrogens is 488 g/mol. The first kappa shape index (κ1) is 26.1. The van der Waals surface area contributed by atoms with Crippen LogP contribution in [0.4, 0.5) is 5.69 Å². The molecule has 0 saturated carbocycles. The number of rotatable bonds is 10. The van der Waals surface area contributed by atoms with E-state index in [1.807, 2.05) is 31.2 Å². The Hall–Kier alpha value is -3.56. The molecule has 3 aromatic rings. The van der Waals surface area contributed by atoms with Crippen LogP contribution >= 0.6 is 11.6 Å². The summed E-state index contributed by atoms with van der Waals surface area (Å²) in [4.78, 5) is 12.4. The third-order valence-electron chi connectivity index (χ3n) is 5.11. The molecule has 10 heteroatoms. The Kier molecular flexibility index (Phi) is 8.37. The molecule has 0 aliphatic heterocycles. The summed E-state index contributed by atoms with van der Waals surface area (Å²) in [5.41, 5.74) is 8.72. The minimum absolute atomic E-state index is 0.0250. The molecule has 0 radical (unpaired) electrons. The van der Waals surface area contributed by atoms with Crippen molar-refractivity contribution in [2.75, 3.05) is 11.9 Å². The van der Waals surface area contributed by atoms with Crippen molar-refractivity contribution >= 4 is 39.1 Å². The highest BCUT2D eigenvalue weighted by molar-refractivity contribution is 7.90. The van der Waals surface area contributed by atoms with Gasteiger partial charge >= 0.3 is 0 Å². The monoisotopic (exact) mass is 514 g/mol.